The number of nitrogens with zero attached hydrogens (tertiary/aromatic N) is 2. The molecule has 1 amide bonds. The molecular formula is C12H25N3O3S. The topological polar surface area (TPSA) is 69.7 Å². The van der Waals surface area contributed by atoms with E-state index in [1.54, 1.807) is 0 Å². The van der Waals surface area contributed by atoms with Crippen molar-refractivity contribution in [1.82, 2.24) is 14.5 Å². The Morgan fingerprint density at radius 2 is 1.79 bits per heavy atom. The van der Waals surface area contributed by atoms with Gasteiger partial charge in [-0.25, -0.2) is 12.7 Å². The average Bonchev–Trinajstić information content (AvgIpc) is 2.37. The first-order chi connectivity index (χ1) is 8.79. The molecule has 0 aromatic carbocycles. The Kier molecular flexibility index (Phi) is 5.34. The maximum absolute atomic E-state index is 11.8. The Hall–Kier alpha value is -0.660. The van der Waals surface area contributed by atoms with Gasteiger partial charge in [0.1, 0.15) is 0 Å². The van der Waals surface area contributed by atoms with Crippen LogP contribution in [0.15, 0.2) is 0 Å². The van der Waals surface area contributed by atoms with Gasteiger partial charge in [-0.05, 0) is 26.9 Å². The van der Waals surface area contributed by atoms with E-state index in [9.17, 15) is 13.2 Å². The molecule has 0 atom stereocenters. The summed E-state index contributed by atoms with van der Waals surface area (Å²) in [6.07, 6.45) is 0. The highest BCUT2D eigenvalue weighted by molar-refractivity contribution is 7.94. The van der Waals surface area contributed by atoms with E-state index in [4.69, 9.17) is 0 Å². The molecular weight excluding hydrogens is 266 g/mol. The SMILES string of the molecule is CCN(CC)CCNCCN1C(=O)C(C)(C)S1(=O)=O. The molecule has 0 radical (unpaired) electrons. The second kappa shape index (κ2) is 6.19. The summed E-state index contributed by atoms with van der Waals surface area (Å²) in [6.45, 7) is 11.6. The van der Waals surface area contributed by atoms with E-state index in [1.165, 1.54) is 13.8 Å². The van der Waals surface area contributed by atoms with E-state index in [0.29, 0.717) is 6.54 Å². The van der Waals surface area contributed by atoms with Gasteiger partial charge in [-0.15, -0.1) is 0 Å². The number of amides is 1. The quantitative estimate of drug-likeness (QED) is 0.631. The molecule has 0 unspecified atom stereocenters. The predicted molar refractivity (Wildman–Crippen MR) is 75.4 cm³/mol. The van der Waals surface area contributed by atoms with E-state index in [-0.39, 0.29) is 12.5 Å². The molecule has 0 aromatic heterocycles. The lowest BCUT2D eigenvalue weighted by molar-refractivity contribution is -0.132. The molecule has 1 heterocycles. The average molecular weight is 291 g/mol. The molecule has 0 aromatic rings. The van der Waals surface area contributed by atoms with Crippen LogP contribution >= 0.6 is 0 Å². The van der Waals surface area contributed by atoms with Gasteiger partial charge in [0.25, 0.3) is 15.9 Å². The van der Waals surface area contributed by atoms with Gasteiger partial charge in [0.05, 0.1) is 0 Å². The van der Waals surface area contributed by atoms with E-state index in [2.05, 4.69) is 24.1 Å². The lowest BCUT2D eigenvalue weighted by Gasteiger charge is -2.43. The molecule has 0 saturated carbocycles. The molecule has 0 aliphatic carbocycles. The highest BCUT2D eigenvalue weighted by Gasteiger charge is 2.59. The van der Waals surface area contributed by atoms with Gasteiger partial charge < -0.3 is 10.2 Å². The van der Waals surface area contributed by atoms with Crippen molar-refractivity contribution in [2.75, 3.05) is 39.3 Å². The normalized spacial score (nSPS) is 20.7. The molecule has 0 bridgehead atoms. The van der Waals surface area contributed by atoms with E-state index < -0.39 is 14.8 Å². The number of rotatable bonds is 8. The zero-order valence-corrected chi connectivity index (χ0v) is 13.1. The molecule has 1 saturated heterocycles. The van der Waals surface area contributed by atoms with Crippen LogP contribution in [-0.4, -0.2) is 67.5 Å². The fraction of sp³-hybridized carbons (Fsp3) is 0.917. The number of hydrogen-bond donors (Lipinski definition) is 1. The van der Waals surface area contributed by atoms with Crippen LogP contribution in [0.4, 0.5) is 0 Å². The van der Waals surface area contributed by atoms with Gasteiger partial charge in [-0.3, -0.25) is 4.79 Å². The second-order valence-corrected chi connectivity index (χ2v) is 7.58. The molecule has 1 aliphatic heterocycles. The summed E-state index contributed by atoms with van der Waals surface area (Å²) in [5, 5.41) is 3.17. The summed E-state index contributed by atoms with van der Waals surface area (Å²) in [5.74, 6) is -0.307. The number of carbonyl (C=O) groups excluding carboxylic acids is 1. The number of hydrogen-bond acceptors (Lipinski definition) is 5. The third kappa shape index (κ3) is 3.09. The Morgan fingerprint density at radius 3 is 2.26 bits per heavy atom. The molecule has 6 nitrogen and oxygen atoms in total. The zero-order chi connectivity index (χ0) is 14.7. The van der Waals surface area contributed by atoms with Crippen molar-refractivity contribution in [2.45, 2.75) is 32.4 Å². The minimum absolute atomic E-state index is 0.225. The van der Waals surface area contributed by atoms with E-state index in [1.807, 2.05) is 0 Å². The van der Waals surface area contributed by atoms with Crippen LogP contribution < -0.4 is 5.32 Å². The number of carbonyl (C=O) groups is 1. The van der Waals surface area contributed by atoms with Gasteiger partial charge in [0.15, 0.2) is 4.75 Å². The molecule has 1 fully saturated rings. The first kappa shape index (κ1) is 16.4. The number of nitrogens with one attached hydrogen (secondary N) is 1. The molecule has 1 rings (SSSR count). The fourth-order valence-corrected chi connectivity index (χ4v) is 3.59. The lowest BCUT2D eigenvalue weighted by atomic mass is 10.2. The smallest absolute Gasteiger partial charge is 0.258 e. The minimum Gasteiger partial charge on any atom is -0.314 e. The predicted octanol–water partition coefficient (Wildman–Crippen LogP) is -0.132. The van der Waals surface area contributed by atoms with Gasteiger partial charge in [-0.1, -0.05) is 13.8 Å². The minimum atomic E-state index is -3.43. The molecule has 112 valence electrons. The molecule has 7 heteroatoms. The third-order valence-corrected chi connectivity index (χ3v) is 6.06. The highest BCUT2D eigenvalue weighted by atomic mass is 32.2. The zero-order valence-electron chi connectivity index (χ0n) is 12.3. The lowest BCUT2D eigenvalue weighted by Crippen LogP contribution is -2.68. The summed E-state index contributed by atoms with van der Waals surface area (Å²) < 4.78 is 23.4. The van der Waals surface area contributed by atoms with Crippen molar-refractivity contribution in [3.63, 3.8) is 0 Å². The van der Waals surface area contributed by atoms with Crippen LogP contribution in [0.3, 0.4) is 0 Å². The van der Waals surface area contributed by atoms with Crippen LogP contribution in [0.2, 0.25) is 0 Å². The van der Waals surface area contributed by atoms with Crippen LogP contribution in [0.5, 0.6) is 0 Å². The number of likely N-dealkylation sites (N-methyl/N-ethyl adjacent to an activating group) is 1. The molecule has 1 aliphatic rings. The fourth-order valence-electron chi connectivity index (χ4n) is 2.06. The maximum Gasteiger partial charge on any atom is 0.258 e. The highest BCUT2D eigenvalue weighted by Crippen LogP contribution is 2.34. The summed E-state index contributed by atoms with van der Waals surface area (Å²) in [4.78, 5) is 14.0. The van der Waals surface area contributed by atoms with Crippen LogP contribution in [0.1, 0.15) is 27.7 Å². The van der Waals surface area contributed by atoms with Crippen molar-refractivity contribution in [3.05, 3.63) is 0 Å². The van der Waals surface area contributed by atoms with Crippen LogP contribution in [0.25, 0.3) is 0 Å². The third-order valence-electron chi connectivity index (χ3n) is 3.67. The van der Waals surface area contributed by atoms with Crippen molar-refractivity contribution in [3.8, 4) is 0 Å². The molecule has 1 N–H and O–H groups in total. The summed E-state index contributed by atoms with van der Waals surface area (Å²) in [7, 11) is -3.43. The van der Waals surface area contributed by atoms with Crippen molar-refractivity contribution in [2.24, 2.45) is 0 Å². The van der Waals surface area contributed by atoms with Crippen molar-refractivity contribution >= 4 is 15.9 Å². The van der Waals surface area contributed by atoms with Crippen LogP contribution in [0, 0.1) is 0 Å². The maximum atomic E-state index is 11.8. The van der Waals surface area contributed by atoms with Crippen LogP contribution in [-0.2, 0) is 14.8 Å². The molecule has 0 spiro atoms. The van der Waals surface area contributed by atoms with Crippen molar-refractivity contribution in [1.29, 1.82) is 0 Å². The summed E-state index contributed by atoms with van der Waals surface area (Å²) in [6, 6.07) is 0. The van der Waals surface area contributed by atoms with Crippen molar-refractivity contribution < 1.29 is 13.2 Å². The van der Waals surface area contributed by atoms with Gasteiger partial charge in [0, 0.05) is 26.2 Å². The first-order valence-corrected chi connectivity index (χ1v) is 8.22. The van der Waals surface area contributed by atoms with Gasteiger partial charge in [-0.2, -0.15) is 0 Å². The Balaban J connectivity index is 2.27. The Labute approximate surface area is 116 Å². The summed E-state index contributed by atoms with van der Waals surface area (Å²) in [5.41, 5.74) is 0. The van der Waals surface area contributed by atoms with E-state index in [0.717, 1.165) is 30.5 Å². The monoisotopic (exact) mass is 291 g/mol. The second-order valence-electron chi connectivity index (χ2n) is 5.17. The largest absolute Gasteiger partial charge is 0.314 e. The van der Waals surface area contributed by atoms with Gasteiger partial charge in [0.2, 0.25) is 0 Å². The van der Waals surface area contributed by atoms with Gasteiger partial charge >= 0.3 is 0 Å². The number of sulfonamides is 1. The molecule has 19 heavy (non-hydrogen) atoms. The Bertz CT molecular complexity index is 416. The summed E-state index contributed by atoms with van der Waals surface area (Å²) >= 11 is 0. The first-order valence-electron chi connectivity index (χ1n) is 6.78. The van der Waals surface area contributed by atoms with E-state index >= 15 is 0 Å². The Morgan fingerprint density at radius 1 is 1.21 bits per heavy atom. The standard InChI is InChI=1S/C12H25N3O3S/c1-5-14(6-2)9-7-13-8-10-15-11(16)12(3,4)19(15,17)18/h13H,5-10H2,1-4H3.